The lowest BCUT2D eigenvalue weighted by Crippen LogP contribution is -2.59. The summed E-state index contributed by atoms with van der Waals surface area (Å²) in [6.45, 7) is 4.51. The third-order valence-electron chi connectivity index (χ3n) is 5.11. The van der Waals surface area contributed by atoms with Crippen molar-refractivity contribution in [3.05, 3.63) is 0 Å². The monoisotopic (exact) mass is 273 g/mol. The second kappa shape index (κ2) is 7.02. The molecule has 0 bridgehead atoms. The van der Waals surface area contributed by atoms with Gasteiger partial charge in [0, 0.05) is 26.2 Å². The van der Waals surface area contributed by atoms with Crippen molar-refractivity contribution in [2.24, 2.45) is 17.1 Å². The molecule has 1 rings (SSSR count). The van der Waals surface area contributed by atoms with E-state index < -0.39 is 11.9 Å². The number of nitrogens with two attached hydrogens (primary N) is 1. The maximum atomic E-state index is 10.9. The molecule has 1 unspecified atom stereocenters. The highest BCUT2D eigenvalue weighted by molar-refractivity contribution is 5.01. The van der Waals surface area contributed by atoms with Gasteiger partial charge < -0.3 is 20.3 Å². The number of hydrogen-bond donors (Lipinski definition) is 2. The molecular weight excluding hydrogens is 242 g/mol. The standard InChI is InChI=1S/C15H31NO3/c1-5-6-12-7-9-15(11-16,10-8-12)14(2,17)13(18-3)19-4/h12-13,17H,5-11,16H2,1-4H3. The predicted molar refractivity (Wildman–Crippen MR) is 76.8 cm³/mol. The maximum Gasteiger partial charge on any atom is 0.185 e. The normalized spacial score (nSPS) is 31.4. The molecule has 19 heavy (non-hydrogen) atoms. The summed E-state index contributed by atoms with van der Waals surface area (Å²) in [5.41, 5.74) is 4.67. The highest BCUT2D eigenvalue weighted by atomic mass is 16.7. The fraction of sp³-hybridized carbons (Fsp3) is 1.00. The molecule has 1 saturated carbocycles. The number of ether oxygens (including phenoxy) is 2. The molecule has 0 amide bonds. The van der Waals surface area contributed by atoms with Gasteiger partial charge in [-0.05, 0) is 38.5 Å². The van der Waals surface area contributed by atoms with E-state index in [9.17, 15) is 5.11 Å². The average Bonchev–Trinajstić information content (AvgIpc) is 2.41. The lowest BCUT2D eigenvalue weighted by atomic mass is 9.61. The fourth-order valence-corrected chi connectivity index (χ4v) is 3.65. The van der Waals surface area contributed by atoms with Gasteiger partial charge in [0.2, 0.25) is 0 Å². The molecule has 114 valence electrons. The van der Waals surface area contributed by atoms with E-state index in [1.54, 1.807) is 21.1 Å². The molecule has 0 spiro atoms. The molecule has 0 aliphatic heterocycles. The van der Waals surface area contributed by atoms with Crippen LogP contribution in [0.1, 0.15) is 52.4 Å². The highest BCUT2D eigenvalue weighted by Crippen LogP contribution is 2.48. The van der Waals surface area contributed by atoms with Crippen LogP contribution in [0.25, 0.3) is 0 Å². The smallest absolute Gasteiger partial charge is 0.185 e. The summed E-state index contributed by atoms with van der Waals surface area (Å²) in [4.78, 5) is 0. The van der Waals surface area contributed by atoms with Gasteiger partial charge in [-0.25, -0.2) is 0 Å². The van der Waals surface area contributed by atoms with Gasteiger partial charge in [0.1, 0.15) is 5.60 Å². The summed E-state index contributed by atoms with van der Waals surface area (Å²) >= 11 is 0. The Balaban J connectivity index is 2.81. The van der Waals surface area contributed by atoms with Crippen LogP contribution in [0, 0.1) is 11.3 Å². The maximum absolute atomic E-state index is 10.9. The van der Waals surface area contributed by atoms with E-state index in [-0.39, 0.29) is 5.41 Å². The second-order valence-electron chi connectivity index (χ2n) is 6.17. The third kappa shape index (κ3) is 3.30. The van der Waals surface area contributed by atoms with Crippen molar-refractivity contribution in [1.29, 1.82) is 0 Å². The number of aliphatic hydroxyl groups is 1. The number of hydrogen-bond acceptors (Lipinski definition) is 4. The topological polar surface area (TPSA) is 64.7 Å². The van der Waals surface area contributed by atoms with Gasteiger partial charge in [-0.2, -0.15) is 0 Å². The van der Waals surface area contributed by atoms with Crippen molar-refractivity contribution in [3.8, 4) is 0 Å². The Morgan fingerprint density at radius 1 is 1.32 bits per heavy atom. The number of rotatable bonds is 7. The lowest BCUT2D eigenvalue weighted by Gasteiger charge is -2.51. The first-order chi connectivity index (χ1) is 8.97. The van der Waals surface area contributed by atoms with E-state index in [0.717, 1.165) is 31.6 Å². The van der Waals surface area contributed by atoms with Gasteiger partial charge in [0.15, 0.2) is 6.29 Å². The van der Waals surface area contributed by atoms with E-state index in [1.165, 1.54) is 12.8 Å². The third-order valence-corrected chi connectivity index (χ3v) is 5.11. The van der Waals surface area contributed by atoms with Crippen molar-refractivity contribution >= 4 is 0 Å². The molecule has 0 saturated heterocycles. The summed E-state index contributed by atoms with van der Waals surface area (Å²) in [6, 6.07) is 0. The highest BCUT2D eigenvalue weighted by Gasteiger charge is 2.52. The van der Waals surface area contributed by atoms with E-state index in [1.807, 2.05) is 0 Å². The summed E-state index contributed by atoms with van der Waals surface area (Å²) in [5, 5.41) is 10.9. The minimum absolute atomic E-state index is 0.298. The molecule has 1 aliphatic rings. The summed E-state index contributed by atoms with van der Waals surface area (Å²) in [6.07, 6.45) is 6.06. The zero-order valence-electron chi connectivity index (χ0n) is 12.9. The Hall–Kier alpha value is -0.160. The van der Waals surface area contributed by atoms with Crippen molar-refractivity contribution < 1.29 is 14.6 Å². The molecule has 1 atom stereocenters. The van der Waals surface area contributed by atoms with Crippen LogP contribution in [-0.4, -0.2) is 37.8 Å². The van der Waals surface area contributed by atoms with Gasteiger partial charge in [-0.15, -0.1) is 0 Å². The van der Waals surface area contributed by atoms with E-state index in [4.69, 9.17) is 15.2 Å². The van der Waals surface area contributed by atoms with E-state index >= 15 is 0 Å². The summed E-state index contributed by atoms with van der Waals surface area (Å²) in [7, 11) is 3.13. The average molecular weight is 273 g/mol. The van der Waals surface area contributed by atoms with Gasteiger partial charge in [-0.3, -0.25) is 0 Å². The van der Waals surface area contributed by atoms with Gasteiger partial charge >= 0.3 is 0 Å². The molecule has 0 aromatic rings. The van der Waals surface area contributed by atoms with Crippen molar-refractivity contribution in [3.63, 3.8) is 0 Å². The zero-order chi connectivity index (χ0) is 14.5. The van der Waals surface area contributed by atoms with Crippen LogP contribution >= 0.6 is 0 Å². The first-order valence-corrected chi connectivity index (χ1v) is 7.45. The van der Waals surface area contributed by atoms with Crippen LogP contribution in [0.3, 0.4) is 0 Å². The van der Waals surface area contributed by atoms with Gasteiger partial charge in [0.05, 0.1) is 0 Å². The zero-order valence-corrected chi connectivity index (χ0v) is 12.9. The fourth-order valence-electron chi connectivity index (χ4n) is 3.65. The van der Waals surface area contributed by atoms with Crippen molar-refractivity contribution in [2.45, 2.75) is 64.3 Å². The van der Waals surface area contributed by atoms with Crippen LogP contribution in [0.5, 0.6) is 0 Å². The second-order valence-corrected chi connectivity index (χ2v) is 6.17. The Bertz CT molecular complexity index is 256. The van der Waals surface area contributed by atoms with Crippen molar-refractivity contribution in [1.82, 2.24) is 0 Å². The van der Waals surface area contributed by atoms with E-state index in [2.05, 4.69) is 6.92 Å². The Labute approximate surface area is 117 Å². The Kier molecular flexibility index (Phi) is 6.24. The predicted octanol–water partition coefficient (Wildman–Crippen LogP) is 2.29. The van der Waals surface area contributed by atoms with Gasteiger partial charge in [0.25, 0.3) is 0 Å². The minimum atomic E-state index is -1.05. The van der Waals surface area contributed by atoms with E-state index in [0.29, 0.717) is 6.54 Å². The van der Waals surface area contributed by atoms with Crippen molar-refractivity contribution in [2.75, 3.05) is 20.8 Å². The number of methoxy groups -OCH3 is 2. The SMILES string of the molecule is CCCC1CCC(CN)(C(C)(O)C(OC)OC)CC1. The first kappa shape index (κ1) is 16.9. The first-order valence-electron chi connectivity index (χ1n) is 7.45. The van der Waals surface area contributed by atoms with Crippen LogP contribution < -0.4 is 5.73 Å². The molecule has 1 aliphatic carbocycles. The molecule has 0 heterocycles. The summed E-state index contributed by atoms with van der Waals surface area (Å²) in [5.74, 6) is 0.781. The van der Waals surface area contributed by atoms with Gasteiger partial charge in [-0.1, -0.05) is 19.8 Å². The quantitative estimate of drug-likeness (QED) is 0.699. The van der Waals surface area contributed by atoms with Crippen LogP contribution in [0.15, 0.2) is 0 Å². The Morgan fingerprint density at radius 2 is 1.84 bits per heavy atom. The van der Waals surface area contributed by atoms with Crippen LogP contribution in [-0.2, 0) is 9.47 Å². The van der Waals surface area contributed by atoms with Crippen LogP contribution in [0.4, 0.5) is 0 Å². The molecule has 4 nitrogen and oxygen atoms in total. The molecule has 1 fully saturated rings. The minimum Gasteiger partial charge on any atom is -0.384 e. The molecule has 0 aromatic carbocycles. The molecule has 0 radical (unpaired) electrons. The summed E-state index contributed by atoms with van der Waals surface area (Å²) < 4.78 is 10.6. The molecule has 0 aromatic heterocycles. The van der Waals surface area contributed by atoms with Crippen LogP contribution in [0.2, 0.25) is 0 Å². The molecular formula is C15H31NO3. The lowest BCUT2D eigenvalue weighted by molar-refractivity contribution is -0.256. The molecule has 3 N–H and O–H groups in total. The Morgan fingerprint density at radius 3 is 2.21 bits per heavy atom. The largest absolute Gasteiger partial charge is 0.384 e. The molecule has 4 heteroatoms.